The first-order chi connectivity index (χ1) is 12.3. The molecule has 0 fully saturated rings. The third-order valence-electron chi connectivity index (χ3n) is 4.70. The second-order valence-corrected chi connectivity index (χ2v) is 6.64. The van der Waals surface area contributed by atoms with Gasteiger partial charge in [0.1, 0.15) is 18.1 Å². The molecule has 7 heteroatoms. The van der Waals surface area contributed by atoms with Crippen LogP contribution in [0.4, 0.5) is 4.53 Å². The molecule has 0 radical (unpaired) electrons. The fraction of sp³-hybridized carbons (Fsp3) is 0.368. The molecular weight excluding hydrogens is 343 g/mol. The van der Waals surface area contributed by atoms with E-state index in [1.54, 1.807) is 24.3 Å². The van der Waals surface area contributed by atoms with E-state index in [0.29, 0.717) is 11.1 Å². The minimum atomic E-state index is -0.704. The van der Waals surface area contributed by atoms with Crippen molar-refractivity contribution in [3.05, 3.63) is 57.6 Å². The van der Waals surface area contributed by atoms with E-state index < -0.39 is 31.8 Å². The maximum absolute atomic E-state index is 12.3. The molecule has 2 aromatic carbocycles. The number of hydrogen-bond acceptors (Lipinski definition) is 6. The van der Waals surface area contributed by atoms with Crippen molar-refractivity contribution >= 4 is 0 Å². The SMILES string of the molecule is CC(C)(c1cc(CO)c(O)c(CO)c1)c1cc(CO)c(O)c(COF)c1. The lowest BCUT2D eigenvalue weighted by atomic mass is 9.76. The Kier molecular flexibility index (Phi) is 6.20. The Labute approximate surface area is 150 Å². The van der Waals surface area contributed by atoms with Gasteiger partial charge in [-0.2, -0.15) is 4.94 Å². The molecule has 0 amide bonds. The lowest BCUT2D eigenvalue weighted by Crippen LogP contribution is -2.20. The highest BCUT2D eigenvalue weighted by molar-refractivity contribution is 5.52. The lowest BCUT2D eigenvalue weighted by molar-refractivity contribution is -0.144. The van der Waals surface area contributed by atoms with Crippen LogP contribution in [-0.4, -0.2) is 25.5 Å². The van der Waals surface area contributed by atoms with Gasteiger partial charge in [-0.3, -0.25) is 0 Å². The van der Waals surface area contributed by atoms with Crippen LogP contribution in [0.15, 0.2) is 24.3 Å². The van der Waals surface area contributed by atoms with E-state index in [0.717, 1.165) is 0 Å². The third-order valence-corrected chi connectivity index (χ3v) is 4.70. The van der Waals surface area contributed by atoms with Crippen molar-refractivity contribution in [3.63, 3.8) is 0 Å². The van der Waals surface area contributed by atoms with Crippen LogP contribution in [0.2, 0.25) is 0 Å². The summed E-state index contributed by atoms with van der Waals surface area (Å²) in [6.45, 7) is 2.00. The van der Waals surface area contributed by atoms with Crippen LogP contribution in [0.5, 0.6) is 11.5 Å². The number of benzene rings is 2. The number of hydrogen-bond donors (Lipinski definition) is 5. The van der Waals surface area contributed by atoms with Gasteiger partial charge < -0.3 is 25.5 Å². The topological polar surface area (TPSA) is 110 Å². The second kappa shape index (κ2) is 8.01. The molecule has 0 unspecified atom stereocenters. The highest BCUT2D eigenvalue weighted by Gasteiger charge is 2.27. The summed E-state index contributed by atoms with van der Waals surface area (Å²) in [6.07, 6.45) is 0. The molecule has 0 atom stereocenters. The summed E-state index contributed by atoms with van der Waals surface area (Å²) < 4.78 is 12.3. The Balaban J connectivity index is 2.65. The molecule has 2 rings (SSSR count). The summed E-state index contributed by atoms with van der Waals surface area (Å²) in [5.41, 5.74) is 1.59. The van der Waals surface area contributed by atoms with Gasteiger partial charge in [0.2, 0.25) is 0 Å². The van der Waals surface area contributed by atoms with Crippen molar-refractivity contribution in [2.75, 3.05) is 0 Å². The number of aliphatic hydroxyl groups excluding tert-OH is 3. The molecule has 0 aliphatic heterocycles. The minimum absolute atomic E-state index is 0.164. The summed E-state index contributed by atoms with van der Waals surface area (Å²) in [5.74, 6) is -0.398. The van der Waals surface area contributed by atoms with Gasteiger partial charge in [-0.05, 0) is 39.9 Å². The molecule has 0 bridgehead atoms. The average Bonchev–Trinajstić information content (AvgIpc) is 2.63. The Morgan fingerprint density at radius 1 is 0.769 bits per heavy atom. The number of aromatic hydroxyl groups is 2. The molecule has 2 aromatic rings. The summed E-state index contributed by atoms with van der Waals surface area (Å²) in [7, 11) is 0. The molecule has 0 spiro atoms. The normalized spacial score (nSPS) is 11.8. The number of aliphatic hydroxyl groups is 3. The molecule has 5 N–H and O–H groups in total. The maximum Gasteiger partial charge on any atom is 0.126 e. The van der Waals surface area contributed by atoms with Crippen molar-refractivity contribution in [2.24, 2.45) is 0 Å². The molecule has 0 saturated heterocycles. The summed E-state index contributed by atoms with van der Waals surface area (Å²) >= 11 is 0. The van der Waals surface area contributed by atoms with Gasteiger partial charge in [0.25, 0.3) is 0 Å². The Bertz CT molecular complexity index is 763. The number of halogens is 1. The van der Waals surface area contributed by atoms with Gasteiger partial charge in [0.15, 0.2) is 0 Å². The molecule has 142 valence electrons. The molecule has 0 saturated carbocycles. The Hall–Kier alpha value is -2.19. The molecule has 0 aliphatic carbocycles. The molecule has 0 heterocycles. The highest BCUT2D eigenvalue weighted by Crippen LogP contribution is 2.39. The quantitative estimate of drug-likeness (QED) is 0.514. The molecule has 6 nitrogen and oxygen atoms in total. The van der Waals surface area contributed by atoms with E-state index in [1.165, 1.54) is 0 Å². The van der Waals surface area contributed by atoms with Crippen LogP contribution < -0.4 is 0 Å². The van der Waals surface area contributed by atoms with E-state index in [-0.39, 0.29) is 33.8 Å². The standard InChI is InChI=1S/C19H23FO6/c1-19(2,15-3-11(7-21)17(24)12(4-15)8-22)16-5-13(9-23)18(25)14(6-16)10-26-20/h3-6,21-25H,7-10H2,1-2H3. The molecular formula is C19H23FO6. The number of phenols is 2. The summed E-state index contributed by atoms with van der Waals surface area (Å²) in [4.78, 5) is 3.63. The van der Waals surface area contributed by atoms with Crippen LogP contribution in [0.25, 0.3) is 0 Å². The summed E-state index contributed by atoms with van der Waals surface area (Å²) in [5, 5.41) is 48.5. The molecule has 0 aliphatic rings. The fourth-order valence-corrected chi connectivity index (χ4v) is 2.94. The van der Waals surface area contributed by atoms with E-state index in [1.807, 2.05) is 13.8 Å². The van der Waals surface area contributed by atoms with Gasteiger partial charge in [-0.1, -0.05) is 13.8 Å². The zero-order valence-corrected chi connectivity index (χ0v) is 14.7. The molecule has 0 aromatic heterocycles. The second-order valence-electron chi connectivity index (χ2n) is 6.64. The minimum Gasteiger partial charge on any atom is -0.507 e. The van der Waals surface area contributed by atoms with Crippen molar-refractivity contribution in [3.8, 4) is 11.5 Å². The predicted molar refractivity (Wildman–Crippen MR) is 92.0 cm³/mol. The van der Waals surface area contributed by atoms with E-state index in [9.17, 15) is 30.1 Å². The van der Waals surface area contributed by atoms with Crippen molar-refractivity contribution in [1.29, 1.82) is 0 Å². The predicted octanol–water partition coefficient (Wildman–Crippen LogP) is 2.30. The summed E-state index contributed by atoms with van der Waals surface area (Å²) in [6, 6.07) is 6.40. The van der Waals surface area contributed by atoms with Crippen LogP contribution in [0, 0.1) is 0 Å². The van der Waals surface area contributed by atoms with Gasteiger partial charge in [-0.15, -0.1) is 0 Å². The average molecular weight is 366 g/mol. The fourth-order valence-electron chi connectivity index (χ4n) is 2.94. The zero-order chi connectivity index (χ0) is 19.5. The first-order valence-corrected chi connectivity index (χ1v) is 8.06. The lowest BCUT2D eigenvalue weighted by Gasteiger charge is -2.29. The van der Waals surface area contributed by atoms with Crippen molar-refractivity contribution in [1.82, 2.24) is 0 Å². The van der Waals surface area contributed by atoms with Crippen molar-refractivity contribution in [2.45, 2.75) is 45.7 Å². The Morgan fingerprint density at radius 2 is 1.12 bits per heavy atom. The van der Waals surface area contributed by atoms with E-state index >= 15 is 0 Å². The van der Waals surface area contributed by atoms with Gasteiger partial charge in [-0.25, -0.2) is 0 Å². The van der Waals surface area contributed by atoms with E-state index in [4.69, 9.17) is 0 Å². The van der Waals surface area contributed by atoms with Crippen molar-refractivity contribution < 1.29 is 35.0 Å². The third kappa shape index (κ3) is 3.66. The zero-order valence-electron chi connectivity index (χ0n) is 14.7. The number of rotatable bonds is 7. The highest BCUT2D eigenvalue weighted by atomic mass is 19.3. The smallest absolute Gasteiger partial charge is 0.126 e. The van der Waals surface area contributed by atoms with Crippen LogP contribution in [0.1, 0.15) is 47.2 Å². The first kappa shape index (κ1) is 20.1. The van der Waals surface area contributed by atoms with Crippen LogP contribution in [-0.2, 0) is 36.8 Å². The van der Waals surface area contributed by atoms with Gasteiger partial charge >= 0.3 is 0 Å². The van der Waals surface area contributed by atoms with E-state index in [2.05, 4.69) is 4.94 Å². The Morgan fingerprint density at radius 3 is 1.46 bits per heavy atom. The largest absolute Gasteiger partial charge is 0.507 e. The van der Waals surface area contributed by atoms with Crippen LogP contribution >= 0.6 is 0 Å². The monoisotopic (exact) mass is 366 g/mol. The van der Waals surface area contributed by atoms with Gasteiger partial charge in [0.05, 0.1) is 19.8 Å². The van der Waals surface area contributed by atoms with Crippen LogP contribution in [0.3, 0.4) is 0 Å². The molecule has 26 heavy (non-hydrogen) atoms. The maximum atomic E-state index is 12.3. The van der Waals surface area contributed by atoms with Gasteiger partial charge in [0, 0.05) is 27.7 Å². The first-order valence-electron chi connectivity index (χ1n) is 8.06.